The van der Waals surface area contributed by atoms with Crippen LogP contribution in [-0.2, 0) is 4.79 Å². The van der Waals surface area contributed by atoms with Gasteiger partial charge in [0.2, 0.25) is 0 Å². The van der Waals surface area contributed by atoms with E-state index in [1.165, 1.54) is 0 Å². The van der Waals surface area contributed by atoms with Crippen molar-refractivity contribution in [3.8, 4) is 0 Å². The molecule has 0 amide bonds. The van der Waals surface area contributed by atoms with Crippen molar-refractivity contribution in [2.24, 2.45) is 0 Å². The standard InChI is InChI=1S/C12H12Cl2O/c13-9-5-3-6-10(14)12(9)8-4-1-2-7-11(8)15/h3,5-6,8H,1-2,4,7H2. The first-order valence-corrected chi connectivity index (χ1v) is 5.92. The third kappa shape index (κ3) is 2.19. The zero-order valence-electron chi connectivity index (χ0n) is 8.30. The van der Waals surface area contributed by atoms with Gasteiger partial charge in [0.15, 0.2) is 0 Å². The highest BCUT2D eigenvalue weighted by Gasteiger charge is 2.27. The summed E-state index contributed by atoms with van der Waals surface area (Å²) < 4.78 is 0. The van der Waals surface area contributed by atoms with Gasteiger partial charge in [0.05, 0.1) is 0 Å². The Labute approximate surface area is 99.4 Å². The number of benzene rings is 1. The molecule has 1 unspecified atom stereocenters. The van der Waals surface area contributed by atoms with Crippen molar-refractivity contribution in [1.29, 1.82) is 0 Å². The van der Waals surface area contributed by atoms with Crippen LogP contribution in [0.5, 0.6) is 0 Å². The van der Waals surface area contributed by atoms with Gasteiger partial charge >= 0.3 is 0 Å². The van der Waals surface area contributed by atoms with E-state index in [0.29, 0.717) is 16.5 Å². The maximum atomic E-state index is 11.8. The Balaban J connectivity index is 2.39. The molecule has 1 saturated carbocycles. The lowest BCUT2D eigenvalue weighted by molar-refractivity contribution is -0.121. The molecular weight excluding hydrogens is 231 g/mol. The van der Waals surface area contributed by atoms with Gasteiger partial charge in [-0.1, -0.05) is 35.7 Å². The normalized spacial score (nSPS) is 21.7. The minimum atomic E-state index is -0.0834. The van der Waals surface area contributed by atoms with Crippen molar-refractivity contribution in [3.63, 3.8) is 0 Å². The van der Waals surface area contributed by atoms with E-state index >= 15 is 0 Å². The summed E-state index contributed by atoms with van der Waals surface area (Å²) in [5, 5.41) is 1.23. The van der Waals surface area contributed by atoms with Crippen LogP contribution in [0.15, 0.2) is 18.2 Å². The second kappa shape index (κ2) is 4.54. The molecular formula is C12H12Cl2O. The van der Waals surface area contributed by atoms with E-state index in [0.717, 1.165) is 24.8 Å². The van der Waals surface area contributed by atoms with Crippen LogP contribution >= 0.6 is 23.2 Å². The molecule has 2 rings (SSSR count). The van der Waals surface area contributed by atoms with E-state index in [1.807, 2.05) is 6.07 Å². The van der Waals surface area contributed by atoms with Crippen LogP contribution in [0.3, 0.4) is 0 Å². The Bertz CT molecular complexity index is 367. The Hall–Kier alpha value is -0.530. The molecule has 0 aliphatic heterocycles. The number of carbonyl (C=O) groups excluding carboxylic acids is 1. The molecule has 3 heteroatoms. The van der Waals surface area contributed by atoms with Gasteiger partial charge in [-0.3, -0.25) is 4.79 Å². The largest absolute Gasteiger partial charge is 0.299 e. The fourth-order valence-corrected chi connectivity index (χ4v) is 2.79. The number of hydrogen-bond donors (Lipinski definition) is 0. The van der Waals surface area contributed by atoms with Crippen LogP contribution in [0.1, 0.15) is 37.2 Å². The van der Waals surface area contributed by atoms with Gasteiger partial charge in [-0.25, -0.2) is 0 Å². The minimum absolute atomic E-state index is 0.0834. The summed E-state index contributed by atoms with van der Waals surface area (Å²) in [6.45, 7) is 0. The van der Waals surface area contributed by atoms with Crippen LogP contribution in [0.25, 0.3) is 0 Å². The lowest BCUT2D eigenvalue weighted by Gasteiger charge is -2.22. The third-order valence-electron chi connectivity index (χ3n) is 2.90. The smallest absolute Gasteiger partial charge is 0.140 e. The fourth-order valence-electron chi connectivity index (χ4n) is 2.13. The van der Waals surface area contributed by atoms with Crippen LogP contribution in [0.4, 0.5) is 0 Å². The highest BCUT2D eigenvalue weighted by atomic mass is 35.5. The molecule has 15 heavy (non-hydrogen) atoms. The van der Waals surface area contributed by atoms with E-state index < -0.39 is 0 Å². The Morgan fingerprint density at radius 3 is 2.40 bits per heavy atom. The number of halogens is 2. The molecule has 1 nitrogen and oxygen atoms in total. The van der Waals surface area contributed by atoms with Crippen LogP contribution < -0.4 is 0 Å². The summed E-state index contributed by atoms with van der Waals surface area (Å²) in [5.41, 5.74) is 0.825. The van der Waals surface area contributed by atoms with Gasteiger partial charge in [0, 0.05) is 22.4 Å². The molecule has 1 atom stereocenters. The second-order valence-corrected chi connectivity index (χ2v) is 4.71. The van der Waals surface area contributed by atoms with Crippen molar-refractivity contribution < 1.29 is 4.79 Å². The topological polar surface area (TPSA) is 17.1 Å². The number of rotatable bonds is 1. The summed E-state index contributed by atoms with van der Waals surface area (Å²) in [6.07, 6.45) is 3.61. The van der Waals surface area contributed by atoms with Crippen LogP contribution in [0.2, 0.25) is 10.0 Å². The predicted molar refractivity (Wildman–Crippen MR) is 62.7 cm³/mol. The fraction of sp³-hybridized carbons (Fsp3) is 0.417. The van der Waals surface area contributed by atoms with Crippen molar-refractivity contribution in [2.45, 2.75) is 31.6 Å². The van der Waals surface area contributed by atoms with Crippen molar-refractivity contribution in [2.75, 3.05) is 0 Å². The third-order valence-corrected chi connectivity index (χ3v) is 3.56. The monoisotopic (exact) mass is 242 g/mol. The molecule has 80 valence electrons. The van der Waals surface area contributed by atoms with Gasteiger partial charge in [0.25, 0.3) is 0 Å². The van der Waals surface area contributed by atoms with E-state index in [4.69, 9.17) is 23.2 Å². The van der Waals surface area contributed by atoms with Gasteiger partial charge in [-0.2, -0.15) is 0 Å². The Morgan fingerprint density at radius 1 is 1.13 bits per heavy atom. The van der Waals surface area contributed by atoms with E-state index in [2.05, 4.69) is 0 Å². The maximum Gasteiger partial charge on any atom is 0.140 e. The zero-order valence-corrected chi connectivity index (χ0v) is 9.81. The molecule has 0 radical (unpaired) electrons. The lowest BCUT2D eigenvalue weighted by atomic mass is 9.83. The van der Waals surface area contributed by atoms with Gasteiger partial charge < -0.3 is 0 Å². The van der Waals surface area contributed by atoms with E-state index in [1.54, 1.807) is 12.1 Å². The zero-order chi connectivity index (χ0) is 10.8. The summed E-state index contributed by atoms with van der Waals surface area (Å²) in [6, 6.07) is 5.40. The van der Waals surface area contributed by atoms with E-state index in [-0.39, 0.29) is 11.7 Å². The van der Waals surface area contributed by atoms with Crippen molar-refractivity contribution in [3.05, 3.63) is 33.8 Å². The first-order valence-electron chi connectivity index (χ1n) is 5.17. The molecule has 0 spiro atoms. The number of hydrogen-bond acceptors (Lipinski definition) is 1. The van der Waals surface area contributed by atoms with Gasteiger partial charge in [-0.05, 0) is 30.5 Å². The number of ketones is 1. The van der Waals surface area contributed by atoms with Crippen LogP contribution in [-0.4, -0.2) is 5.78 Å². The molecule has 0 heterocycles. The van der Waals surface area contributed by atoms with Gasteiger partial charge in [-0.15, -0.1) is 0 Å². The summed E-state index contributed by atoms with van der Waals surface area (Å²) in [7, 11) is 0. The highest BCUT2D eigenvalue weighted by Crippen LogP contribution is 2.38. The second-order valence-electron chi connectivity index (χ2n) is 3.90. The average Bonchev–Trinajstić information content (AvgIpc) is 2.20. The molecule has 0 saturated heterocycles. The molecule has 1 aromatic rings. The lowest BCUT2D eigenvalue weighted by Crippen LogP contribution is -2.17. The number of carbonyl (C=O) groups is 1. The molecule has 0 bridgehead atoms. The maximum absolute atomic E-state index is 11.8. The first kappa shape index (κ1) is 11.0. The summed E-state index contributed by atoms with van der Waals surface area (Å²) in [5.74, 6) is 0.191. The predicted octanol–water partition coefficient (Wildman–Crippen LogP) is 4.22. The molecule has 1 aliphatic rings. The molecule has 0 aromatic heterocycles. The Kier molecular flexibility index (Phi) is 3.32. The average molecular weight is 243 g/mol. The van der Waals surface area contributed by atoms with Crippen molar-refractivity contribution in [1.82, 2.24) is 0 Å². The van der Waals surface area contributed by atoms with E-state index in [9.17, 15) is 4.79 Å². The van der Waals surface area contributed by atoms with Crippen LogP contribution in [0, 0.1) is 0 Å². The summed E-state index contributed by atoms with van der Waals surface area (Å²) >= 11 is 12.2. The molecule has 1 aliphatic carbocycles. The first-order chi connectivity index (χ1) is 7.20. The quantitative estimate of drug-likeness (QED) is 0.721. The van der Waals surface area contributed by atoms with Crippen molar-refractivity contribution >= 4 is 29.0 Å². The minimum Gasteiger partial charge on any atom is -0.299 e. The SMILES string of the molecule is O=C1CCCCC1c1c(Cl)cccc1Cl. The van der Waals surface area contributed by atoms with Gasteiger partial charge in [0.1, 0.15) is 5.78 Å². The molecule has 1 fully saturated rings. The molecule has 0 N–H and O–H groups in total. The highest BCUT2D eigenvalue weighted by molar-refractivity contribution is 6.36. The molecule has 1 aromatic carbocycles. The number of Topliss-reactive ketones (excluding diaryl/α,β-unsaturated/α-hetero) is 1. The summed E-state index contributed by atoms with van der Waals surface area (Å²) in [4.78, 5) is 11.8. The Morgan fingerprint density at radius 2 is 1.80 bits per heavy atom.